The van der Waals surface area contributed by atoms with Crippen molar-refractivity contribution in [3.05, 3.63) is 72.9 Å². The molecule has 0 unspecified atom stereocenters. The number of furan rings is 1. The van der Waals surface area contributed by atoms with Crippen molar-refractivity contribution >= 4 is 27.5 Å². The molecule has 0 radical (unpaired) electrons. The van der Waals surface area contributed by atoms with E-state index in [1.807, 2.05) is 42.5 Å². The maximum atomic E-state index is 5.89. The van der Waals surface area contributed by atoms with Gasteiger partial charge < -0.3 is 9.15 Å². The van der Waals surface area contributed by atoms with Gasteiger partial charge in [-0.3, -0.25) is 5.10 Å². The first-order valence-electron chi connectivity index (χ1n) is 9.09. The highest BCUT2D eigenvalue weighted by Crippen LogP contribution is 2.24. The molecular weight excluding hydrogens is 368 g/mol. The van der Waals surface area contributed by atoms with Gasteiger partial charge in [-0.2, -0.15) is 5.10 Å². The molecule has 1 N–H and O–H groups in total. The second-order valence-electron chi connectivity index (χ2n) is 6.64. The first-order valence-corrected chi connectivity index (χ1v) is 9.09. The van der Waals surface area contributed by atoms with E-state index in [-0.39, 0.29) is 0 Å². The van der Waals surface area contributed by atoms with Gasteiger partial charge in [-0.1, -0.05) is 30.3 Å². The topological polar surface area (TPSA) is 94.1 Å². The lowest BCUT2D eigenvalue weighted by atomic mass is 10.1. The van der Waals surface area contributed by atoms with Crippen molar-refractivity contribution in [2.24, 2.45) is 0 Å². The van der Waals surface area contributed by atoms with Gasteiger partial charge >= 0.3 is 0 Å². The van der Waals surface area contributed by atoms with Crippen molar-refractivity contribution in [1.82, 2.24) is 29.8 Å². The number of aromatic nitrogens is 6. The van der Waals surface area contributed by atoms with Crippen LogP contribution in [0.5, 0.6) is 5.75 Å². The highest BCUT2D eigenvalue weighted by Gasteiger charge is 2.14. The van der Waals surface area contributed by atoms with Gasteiger partial charge in [0.25, 0.3) is 0 Å². The molecule has 2 aromatic carbocycles. The van der Waals surface area contributed by atoms with Crippen LogP contribution in [0.3, 0.4) is 0 Å². The Hall–Kier alpha value is -4.20. The molecule has 0 bridgehead atoms. The van der Waals surface area contributed by atoms with Crippen molar-refractivity contribution < 1.29 is 9.15 Å². The number of hydrogen-bond acceptors (Lipinski definition) is 6. The lowest BCUT2D eigenvalue weighted by Gasteiger charge is -2.05. The van der Waals surface area contributed by atoms with E-state index in [2.05, 4.69) is 37.4 Å². The predicted molar refractivity (Wildman–Crippen MR) is 106 cm³/mol. The summed E-state index contributed by atoms with van der Waals surface area (Å²) < 4.78 is 13.4. The van der Waals surface area contributed by atoms with Crippen LogP contribution in [-0.4, -0.2) is 29.8 Å². The van der Waals surface area contributed by atoms with Gasteiger partial charge in [-0.05, 0) is 35.0 Å². The number of rotatable bonds is 4. The summed E-state index contributed by atoms with van der Waals surface area (Å²) in [6, 6.07) is 17.9. The van der Waals surface area contributed by atoms with Crippen LogP contribution < -0.4 is 4.74 Å². The number of aromatic amines is 1. The van der Waals surface area contributed by atoms with E-state index in [1.165, 1.54) is 5.39 Å². The number of benzene rings is 2. The highest BCUT2D eigenvalue weighted by molar-refractivity contribution is 5.88. The van der Waals surface area contributed by atoms with Crippen LogP contribution in [0.1, 0.15) is 5.76 Å². The Morgan fingerprint density at radius 2 is 1.97 bits per heavy atom. The predicted octanol–water partition coefficient (Wildman–Crippen LogP) is 3.99. The molecule has 8 heteroatoms. The Kier molecular flexibility index (Phi) is 3.36. The summed E-state index contributed by atoms with van der Waals surface area (Å²) in [6.07, 6.45) is 3.28. The molecule has 140 valence electrons. The Morgan fingerprint density at radius 3 is 2.93 bits per heavy atom. The lowest BCUT2D eigenvalue weighted by molar-refractivity contribution is 0.272. The normalized spacial score (nSPS) is 11.6. The Labute approximate surface area is 163 Å². The molecule has 0 aliphatic carbocycles. The van der Waals surface area contributed by atoms with Crippen molar-refractivity contribution in [1.29, 1.82) is 0 Å². The zero-order valence-corrected chi connectivity index (χ0v) is 15.1. The van der Waals surface area contributed by atoms with Gasteiger partial charge in [0.2, 0.25) is 5.82 Å². The second-order valence-corrected chi connectivity index (χ2v) is 6.64. The summed E-state index contributed by atoms with van der Waals surface area (Å²) in [5, 5.41) is 14.4. The van der Waals surface area contributed by atoms with Crippen molar-refractivity contribution in [3.63, 3.8) is 0 Å². The Morgan fingerprint density at radius 1 is 1.03 bits per heavy atom. The minimum Gasteiger partial charge on any atom is -0.486 e. The van der Waals surface area contributed by atoms with Crippen LogP contribution in [0.15, 0.2) is 71.5 Å². The van der Waals surface area contributed by atoms with Gasteiger partial charge in [-0.25, -0.2) is 14.5 Å². The van der Waals surface area contributed by atoms with Crippen LogP contribution in [0.2, 0.25) is 0 Å². The molecule has 0 aliphatic heterocycles. The fourth-order valence-electron chi connectivity index (χ4n) is 3.33. The van der Waals surface area contributed by atoms with E-state index in [4.69, 9.17) is 9.15 Å². The van der Waals surface area contributed by atoms with E-state index < -0.39 is 0 Å². The molecular formula is C21H14N6O2. The average molecular weight is 382 g/mol. The van der Waals surface area contributed by atoms with Crippen molar-refractivity contribution in [2.75, 3.05) is 0 Å². The molecule has 0 amide bonds. The fourth-order valence-corrected chi connectivity index (χ4v) is 3.33. The van der Waals surface area contributed by atoms with Crippen LogP contribution in [0.4, 0.5) is 0 Å². The molecule has 0 spiro atoms. The standard InChI is InChI=1S/C21H14N6O2/c1-2-4-14-9-15(6-5-13(14)3-1)28-11-16-7-8-18(29-16)20-24-21-17-10-23-25-19(17)22-12-27(21)26-20/h1-10,12H,11H2,(H,23,25). The molecule has 0 aliphatic rings. The summed E-state index contributed by atoms with van der Waals surface area (Å²) in [7, 11) is 0. The average Bonchev–Trinajstić information content (AvgIpc) is 3.50. The SMILES string of the molecule is c1ccc2cc(OCc3ccc(-c4nc5c6cn[nH]c6ncn5n4)o3)ccc2c1. The van der Waals surface area contributed by atoms with Gasteiger partial charge in [0.1, 0.15) is 24.4 Å². The second kappa shape index (κ2) is 6.16. The molecule has 0 atom stereocenters. The van der Waals surface area contributed by atoms with E-state index in [0.717, 1.165) is 16.5 Å². The summed E-state index contributed by atoms with van der Waals surface area (Å²) >= 11 is 0. The monoisotopic (exact) mass is 382 g/mol. The molecule has 0 saturated heterocycles. The number of H-pyrrole nitrogens is 1. The van der Waals surface area contributed by atoms with Gasteiger partial charge in [0.05, 0.1) is 11.6 Å². The summed E-state index contributed by atoms with van der Waals surface area (Å²) in [6.45, 7) is 0.319. The van der Waals surface area contributed by atoms with Crippen LogP contribution >= 0.6 is 0 Å². The largest absolute Gasteiger partial charge is 0.486 e. The molecule has 8 nitrogen and oxygen atoms in total. The van der Waals surface area contributed by atoms with E-state index >= 15 is 0 Å². The zero-order valence-electron chi connectivity index (χ0n) is 15.1. The summed E-state index contributed by atoms with van der Waals surface area (Å²) in [5.74, 6) is 2.54. The molecule has 4 aromatic heterocycles. The van der Waals surface area contributed by atoms with Crippen LogP contribution in [0, 0.1) is 0 Å². The molecule has 0 saturated carbocycles. The minimum atomic E-state index is 0.319. The molecule has 0 fully saturated rings. The Balaban J connectivity index is 1.25. The number of nitrogens with one attached hydrogen (secondary N) is 1. The smallest absolute Gasteiger partial charge is 0.217 e. The fraction of sp³-hybridized carbons (Fsp3) is 0.0476. The third-order valence-electron chi connectivity index (χ3n) is 4.77. The minimum absolute atomic E-state index is 0.319. The maximum absolute atomic E-state index is 5.89. The summed E-state index contributed by atoms with van der Waals surface area (Å²) in [4.78, 5) is 8.82. The Bertz CT molecular complexity index is 1480. The summed E-state index contributed by atoms with van der Waals surface area (Å²) in [5.41, 5.74) is 1.34. The number of ether oxygens (including phenoxy) is 1. The lowest BCUT2D eigenvalue weighted by Crippen LogP contribution is -1.93. The maximum Gasteiger partial charge on any atom is 0.217 e. The van der Waals surface area contributed by atoms with Crippen LogP contribution in [-0.2, 0) is 6.61 Å². The first-order chi connectivity index (χ1) is 14.3. The highest BCUT2D eigenvalue weighted by atomic mass is 16.5. The van der Waals surface area contributed by atoms with E-state index in [0.29, 0.717) is 35.2 Å². The van der Waals surface area contributed by atoms with E-state index in [1.54, 1.807) is 17.0 Å². The number of nitrogens with zero attached hydrogens (tertiary/aromatic N) is 5. The van der Waals surface area contributed by atoms with Gasteiger partial charge in [0, 0.05) is 0 Å². The molecule has 4 heterocycles. The first kappa shape index (κ1) is 15.8. The zero-order chi connectivity index (χ0) is 19.2. The van der Waals surface area contributed by atoms with Gasteiger partial charge in [0.15, 0.2) is 17.1 Å². The molecule has 29 heavy (non-hydrogen) atoms. The van der Waals surface area contributed by atoms with Gasteiger partial charge in [-0.15, -0.1) is 5.10 Å². The molecule has 6 rings (SSSR count). The molecule has 6 aromatic rings. The van der Waals surface area contributed by atoms with Crippen LogP contribution in [0.25, 0.3) is 39.0 Å². The number of fused-ring (bicyclic) bond motifs is 4. The number of hydrogen-bond donors (Lipinski definition) is 1. The van der Waals surface area contributed by atoms with Crippen molar-refractivity contribution in [3.8, 4) is 17.3 Å². The third-order valence-corrected chi connectivity index (χ3v) is 4.77. The quantitative estimate of drug-likeness (QED) is 0.495. The third kappa shape index (κ3) is 2.69. The van der Waals surface area contributed by atoms with Crippen molar-refractivity contribution in [2.45, 2.75) is 6.61 Å². The van der Waals surface area contributed by atoms with E-state index in [9.17, 15) is 0 Å².